The molecule has 24 heavy (non-hydrogen) atoms. The standard InChI is InChI=1S/C16H30N4O3.ClH/c1-12(21)18-9-10-19-15(22)7-8-16(23)20-14(11-17)13-5-3-2-4-6-13;/h13-14H,2-11,17H2,1H3,(H,18,21)(H,19,22)(H,20,23);1H. The summed E-state index contributed by atoms with van der Waals surface area (Å²) in [4.78, 5) is 34.3. The number of hydrogen-bond acceptors (Lipinski definition) is 4. The predicted molar refractivity (Wildman–Crippen MR) is 95.7 cm³/mol. The lowest BCUT2D eigenvalue weighted by Crippen LogP contribution is -2.46. The first-order valence-corrected chi connectivity index (χ1v) is 8.53. The van der Waals surface area contributed by atoms with Crippen molar-refractivity contribution in [2.45, 2.75) is 57.9 Å². The van der Waals surface area contributed by atoms with E-state index in [1.807, 2.05) is 0 Å². The summed E-state index contributed by atoms with van der Waals surface area (Å²) >= 11 is 0. The van der Waals surface area contributed by atoms with Gasteiger partial charge in [0.2, 0.25) is 17.7 Å². The fourth-order valence-corrected chi connectivity index (χ4v) is 2.94. The summed E-state index contributed by atoms with van der Waals surface area (Å²) < 4.78 is 0. The van der Waals surface area contributed by atoms with Gasteiger partial charge in [-0.05, 0) is 18.8 Å². The molecule has 0 spiro atoms. The molecule has 1 saturated carbocycles. The van der Waals surface area contributed by atoms with Gasteiger partial charge in [-0.1, -0.05) is 19.3 Å². The summed E-state index contributed by atoms with van der Waals surface area (Å²) in [6, 6.07) is 0.0191. The van der Waals surface area contributed by atoms with Gasteiger partial charge in [0.05, 0.1) is 0 Å². The lowest BCUT2D eigenvalue weighted by Gasteiger charge is -2.30. The third kappa shape index (κ3) is 9.72. The van der Waals surface area contributed by atoms with Crippen molar-refractivity contribution in [3.63, 3.8) is 0 Å². The second-order valence-corrected chi connectivity index (χ2v) is 6.14. The van der Waals surface area contributed by atoms with E-state index in [1.165, 1.54) is 26.2 Å². The van der Waals surface area contributed by atoms with Crippen molar-refractivity contribution in [3.8, 4) is 0 Å². The number of carbonyl (C=O) groups excluding carboxylic acids is 3. The molecule has 0 heterocycles. The van der Waals surface area contributed by atoms with Gasteiger partial charge in [0, 0.05) is 45.4 Å². The van der Waals surface area contributed by atoms with Crippen molar-refractivity contribution >= 4 is 30.1 Å². The first kappa shape index (κ1) is 22.7. The normalized spacial score (nSPS) is 15.8. The number of nitrogens with two attached hydrogens (primary N) is 1. The molecule has 0 aromatic carbocycles. The molecule has 0 aliphatic heterocycles. The van der Waals surface area contributed by atoms with E-state index in [4.69, 9.17) is 5.73 Å². The molecule has 7 nitrogen and oxygen atoms in total. The first-order chi connectivity index (χ1) is 11.0. The molecule has 1 unspecified atom stereocenters. The van der Waals surface area contributed by atoms with Crippen LogP contribution in [0.1, 0.15) is 51.9 Å². The zero-order valence-electron chi connectivity index (χ0n) is 14.4. The minimum atomic E-state index is -0.188. The Labute approximate surface area is 150 Å². The summed E-state index contributed by atoms with van der Waals surface area (Å²) in [5.41, 5.74) is 5.78. The highest BCUT2D eigenvalue weighted by Gasteiger charge is 2.23. The van der Waals surface area contributed by atoms with Crippen LogP contribution in [0.5, 0.6) is 0 Å². The predicted octanol–water partition coefficient (Wildman–Crippen LogP) is 0.465. The second-order valence-electron chi connectivity index (χ2n) is 6.14. The van der Waals surface area contributed by atoms with Crippen molar-refractivity contribution in [1.82, 2.24) is 16.0 Å². The smallest absolute Gasteiger partial charge is 0.220 e. The van der Waals surface area contributed by atoms with E-state index in [2.05, 4.69) is 16.0 Å². The van der Waals surface area contributed by atoms with Crippen molar-refractivity contribution in [2.24, 2.45) is 11.7 Å². The first-order valence-electron chi connectivity index (χ1n) is 8.53. The maximum absolute atomic E-state index is 12.0. The van der Waals surface area contributed by atoms with Crippen LogP contribution < -0.4 is 21.7 Å². The highest BCUT2D eigenvalue weighted by Crippen LogP contribution is 2.26. The van der Waals surface area contributed by atoms with Gasteiger partial charge in [-0.3, -0.25) is 14.4 Å². The van der Waals surface area contributed by atoms with E-state index in [0.717, 1.165) is 12.8 Å². The third-order valence-corrected chi connectivity index (χ3v) is 4.22. The molecule has 1 aliphatic carbocycles. The number of halogens is 1. The fourth-order valence-electron chi connectivity index (χ4n) is 2.94. The Morgan fingerprint density at radius 3 is 2.17 bits per heavy atom. The SMILES string of the molecule is CC(=O)NCCNC(=O)CCC(=O)NC(CN)C1CCCCC1.Cl. The van der Waals surface area contributed by atoms with Gasteiger partial charge in [0.1, 0.15) is 0 Å². The van der Waals surface area contributed by atoms with Crippen molar-refractivity contribution in [3.05, 3.63) is 0 Å². The minimum Gasteiger partial charge on any atom is -0.355 e. The van der Waals surface area contributed by atoms with Crippen LogP contribution >= 0.6 is 12.4 Å². The Hall–Kier alpha value is -1.34. The lowest BCUT2D eigenvalue weighted by atomic mass is 9.84. The zero-order chi connectivity index (χ0) is 17.1. The highest BCUT2D eigenvalue weighted by atomic mass is 35.5. The molecule has 0 aromatic rings. The molecule has 0 radical (unpaired) electrons. The van der Waals surface area contributed by atoms with Gasteiger partial charge < -0.3 is 21.7 Å². The molecule has 0 bridgehead atoms. The molecule has 3 amide bonds. The van der Waals surface area contributed by atoms with Crippen LogP contribution in [0.2, 0.25) is 0 Å². The average molecular weight is 363 g/mol. The fraction of sp³-hybridized carbons (Fsp3) is 0.812. The third-order valence-electron chi connectivity index (χ3n) is 4.22. The van der Waals surface area contributed by atoms with Crippen LogP contribution in [0.15, 0.2) is 0 Å². The van der Waals surface area contributed by atoms with Gasteiger partial charge in [0.15, 0.2) is 0 Å². The van der Waals surface area contributed by atoms with E-state index < -0.39 is 0 Å². The molecule has 140 valence electrons. The van der Waals surface area contributed by atoms with Gasteiger partial charge in [-0.15, -0.1) is 12.4 Å². The Morgan fingerprint density at radius 1 is 1.00 bits per heavy atom. The van der Waals surface area contributed by atoms with E-state index in [1.54, 1.807) is 0 Å². The largest absolute Gasteiger partial charge is 0.355 e. The monoisotopic (exact) mass is 362 g/mol. The lowest BCUT2D eigenvalue weighted by molar-refractivity contribution is -0.127. The van der Waals surface area contributed by atoms with Crippen LogP contribution in [0, 0.1) is 5.92 Å². The van der Waals surface area contributed by atoms with Crippen LogP contribution in [0.4, 0.5) is 0 Å². The van der Waals surface area contributed by atoms with Gasteiger partial charge in [-0.2, -0.15) is 0 Å². The Balaban J connectivity index is 0.00000529. The number of rotatable bonds is 9. The molecule has 8 heteroatoms. The summed E-state index contributed by atoms with van der Waals surface area (Å²) in [7, 11) is 0. The zero-order valence-corrected chi connectivity index (χ0v) is 15.3. The maximum atomic E-state index is 12.0. The van der Waals surface area contributed by atoms with E-state index in [-0.39, 0.29) is 49.0 Å². The van der Waals surface area contributed by atoms with Crippen LogP contribution in [0.25, 0.3) is 0 Å². The van der Waals surface area contributed by atoms with Crippen molar-refractivity contribution in [1.29, 1.82) is 0 Å². The second kappa shape index (κ2) is 13.0. The van der Waals surface area contributed by atoms with Crippen LogP contribution in [-0.4, -0.2) is 43.4 Å². The Kier molecular flexibility index (Phi) is 12.3. The molecular formula is C16H31ClN4O3. The van der Waals surface area contributed by atoms with Gasteiger partial charge >= 0.3 is 0 Å². The van der Waals surface area contributed by atoms with Gasteiger partial charge in [0.25, 0.3) is 0 Å². The van der Waals surface area contributed by atoms with Crippen LogP contribution in [-0.2, 0) is 14.4 Å². The molecule has 1 atom stereocenters. The van der Waals surface area contributed by atoms with Gasteiger partial charge in [-0.25, -0.2) is 0 Å². The highest BCUT2D eigenvalue weighted by molar-refractivity contribution is 5.85. The minimum absolute atomic E-state index is 0. The van der Waals surface area contributed by atoms with Crippen molar-refractivity contribution in [2.75, 3.05) is 19.6 Å². The quantitative estimate of drug-likeness (QED) is 0.446. The molecule has 1 rings (SSSR count). The number of hydrogen-bond donors (Lipinski definition) is 4. The maximum Gasteiger partial charge on any atom is 0.220 e. The molecule has 0 saturated heterocycles. The molecule has 1 fully saturated rings. The summed E-state index contributed by atoms with van der Waals surface area (Å²) in [5, 5.41) is 8.23. The van der Waals surface area contributed by atoms with E-state index >= 15 is 0 Å². The summed E-state index contributed by atoms with van der Waals surface area (Å²) in [6.45, 7) is 2.63. The van der Waals surface area contributed by atoms with Crippen molar-refractivity contribution < 1.29 is 14.4 Å². The van der Waals surface area contributed by atoms with E-state index in [0.29, 0.717) is 25.6 Å². The van der Waals surface area contributed by atoms with Crippen LogP contribution in [0.3, 0.4) is 0 Å². The molecule has 5 N–H and O–H groups in total. The summed E-state index contributed by atoms with van der Waals surface area (Å²) in [5.74, 6) is 0.0221. The number of amides is 3. The Morgan fingerprint density at radius 2 is 1.58 bits per heavy atom. The number of nitrogens with one attached hydrogen (secondary N) is 3. The topological polar surface area (TPSA) is 113 Å². The molecule has 0 aromatic heterocycles. The average Bonchev–Trinajstić information content (AvgIpc) is 2.55. The molecule has 1 aliphatic rings. The van der Waals surface area contributed by atoms with E-state index in [9.17, 15) is 14.4 Å². The summed E-state index contributed by atoms with van der Waals surface area (Å²) in [6.07, 6.45) is 6.21. The Bertz CT molecular complexity index is 401. The number of carbonyl (C=O) groups is 3. The molecular weight excluding hydrogens is 332 g/mol.